The number of rotatable bonds is 9. The fourth-order valence-corrected chi connectivity index (χ4v) is 4.79. The second-order valence-corrected chi connectivity index (χ2v) is 9.03. The monoisotopic (exact) mass is 482 g/mol. The van der Waals surface area contributed by atoms with Gasteiger partial charge in [0.1, 0.15) is 10.8 Å². The van der Waals surface area contributed by atoms with Crippen molar-refractivity contribution in [3.05, 3.63) is 102 Å². The molecule has 0 aliphatic heterocycles. The van der Waals surface area contributed by atoms with Crippen LogP contribution in [-0.4, -0.2) is 37.1 Å². The van der Waals surface area contributed by atoms with E-state index in [0.717, 1.165) is 39.8 Å². The van der Waals surface area contributed by atoms with Gasteiger partial charge in [0.05, 0.1) is 31.1 Å². The molecule has 176 valence electrons. The molecule has 0 bridgehead atoms. The van der Waals surface area contributed by atoms with Gasteiger partial charge in [-0.25, -0.2) is 4.68 Å². The van der Waals surface area contributed by atoms with Gasteiger partial charge in [0.15, 0.2) is 0 Å². The average Bonchev–Trinajstić information content (AvgIpc) is 3.55. The second kappa shape index (κ2) is 10.6. The minimum Gasteiger partial charge on any atom is -0.497 e. The molecule has 3 aromatic carbocycles. The average molecular weight is 483 g/mol. The molecule has 0 spiro atoms. The molecular weight excluding hydrogens is 456 g/mol. The minimum atomic E-state index is 0.524. The van der Waals surface area contributed by atoms with Gasteiger partial charge in [-0.3, -0.25) is 0 Å². The minimum absolute atomic E-state index is 0.524. The summed E-state index contributed by atoms with van der Waals surface area (Å²) in [4.78, 5) is 1.61. The van der Waals surface area contributed by atoms with E-state index in [1.165, 1.54) is 11.1 Å². The van der Waals surface area contributed by atoms with Gasteiger partial charge in [0, 0.05) is 5.75 Å². The number of hydrogen-bond acceptors (Lipinski definition) is 6. The van der Waals surface area contributed by atoms with Gasteiger partial charge < -0.3 is 4.74 Å². The number of methoxy groups -OCH3 is 1. The summed E-state index contributed by atoms with van der Waals surface area (Å²) >= 11 is 1.72. The number of nitrogens with zero attached hydrogens (tertiary/aromatic N) is 6. The van der Waals surface area contributed by atoms with Crippen LogP contribution in [0, 0.1) is 0 Å². The zero-order valence-electron chi connectivity index (χ0n) is 19.7. The summed E-state index contributed by atoms with van der Waals surface area (Å²) in [6.07, 6.45) is 2.83. The van der Waals surface area contributed by atoms with E-state index in [0.29, 0.717) is 12.4 Å². The highest BCUT2D eigenvalue weighted by Gasteiger charge is 2.19. The first-order valence-electron chi connectivity index (χ1n) is 11.5. The third-order valence-corrected chi connectivity index (χ3v) is 6.85. The van der Waals surface area contributed by atoms with Crippen molar-refractivity contribution in [1.29, 1.82) is 0 Å². The Morgan fingerprint density at radius 2 is 1.60 bits per heavy atom. The first-order valence-corrected chi connectivity index (χ1v) is 12.5. The van der Waals surface area contributed by atoms with Crippen molar-refractivity contribution in [3.63, 3.8) is 0 Å². The molecule has 35 heavy (non-hydrogen) atoms. The van der Waals surface area contributed by atoms with Gasteiger partial charge in [0.2, 0.25) is 5.82 Å². The van der Waals surface area contributed by atoms with Gasteiger partial charge in [-0.05, 0) is 52.6 Å². The Labute approximate surface area is 208 Å². The normalized spacial score (nSPS) is 11.0. The Bertz CT molecular complexity index is 1380. The number of benzene rings is 3. The molecule has 2 heterocycles. The summed E-state index contributed by atoms with van der Waals surface area (Å²) < 4.78 is 7.20. The van der Waals surface area contributed by atoms with Gasteiger partial charge in [-0.1, -0.05) is 61.5 Å². The molecule has 0 aliphatic rings. The predicted octanol–water partition coefficient (Wildman–Crippen LogP) is 5.44. The lowest BCUT2D eigenvalue weighted by Crippen LogP contribution is -2.04. The Balaban J connectivity index is 1.45. The summed E-state index contributed by atoms with van der Waals surface area (Å²) in [6.45, 7) is 2.68. The molecule has 0 amide bonds. The molecule has 7 nitrogen and oxygen atoms in total. The number of thioether (sulfide) groups is 1. The first kappa shape index (κ1) is 22.9. The summed E-state index contributed by atoms with van der Waals surface area (Å²) in [5.74, 6) is 2.19. The summed E-state index contributed by atoms with van der Waals surface area (Å²) in [6, 6.07) is 26.8. The molecule has 0 saturated heterocycles. The summed E-state index contributed by atoms with van der Waals surface area (Å²) in [5.41, 5.74) is 5.48. The Kier molecular flexibility index (Phi) is 6.90. The molecule has 0 fully saturated rings. The highest BCUT2D eigenvalue weighted by molar-refractivity contribution is 7.98. The van der Waals surface area contributed by atoms with Crippen molar-refractivity contribution in [1.82, 2.24) is 30.0 Å². The van der Waals surface area contributed by atoms with Crippen LogP contribution in [0.25, 0.3) is 17.1 Å². The van der Waals surface area contributed by atoms with Crippen LogP contribution < -0.4 is 4.74 Å². The fraction of sp³-hybridized carbons (Fsp3) is 0.185. The van der Waals surface area contributed by atoms with E-state index in [1.54, 1.807) is 23.7 Å². The van der Waals surface area contributed by atoms with Crippen LogP contribution in [0.1, 0.15) is 23.6 Å². The van der Waals surface area contributed by atoms with Crippen molar-refractivity contribution < 1.29 is 4.74 Å². The van der Waals surface area contributed by atoms with Crippen molar-refractivity contribution in [2.24, 2.45) is 0 Å². The highest BCUT2D eigenvalue weighted by Crippen LogP contribution is 2.33. The Morgan fingerprint density at radius 3 is 2.31 bits per heavy atom. The Morgan fingerprint density at radius 1 is 0.857 bits per heavy atom. The molecule has 0 radical (unpaired) electrons. The second-order valence-electron chi connectivity index (χ2n) is 8.06. The van der Waals surface area contributed by atoms with Gasteiger partial charge in [0.25, 0.3) is 0 Å². The number of ether oxygens (including phenoxy) is 1. The fourth-order valence-electron chi connectivity index (χ4n) is 3.72. The van der Waals surface area contributed by atoms with Crippen LogP contribution in [-0.2, 0) is 18.7 Å². The largest absolute Gasteiger partial charge is 0.497 e. The molecule has 5 aromatic rings. The third-order valence-electron chi connectivity index (χ3n) is 5.71. The molecule has 0 N–H and O–H groups in total. The SMILES string of the molecule is CCc1ccc(-n2ncc(-c3nnn(Cc4ccc(OC)cc4)n3)c2SCc2ccccc2)cc1. The van der Waals surface area contributed by atoms with E-state index in [4.69, 9.17) is 9.84 Å². The number of tetrazole rings is 1. The lowest BCUT2D eigenvalue weighted by Gasteiger charge is -2.09. The first-order chi connectivity index (χ1) is 17.2. The van der Waals surface area contributed by atoms with E-state index in [9.17, 15) is 0 Å². The van der Waals surface area contributed by atoms with Crippen LogP contribution in [0.4, 0.5) is 0 Å². The van der Waals surface area contributed by atoms with E-state index >= 15 is 0 Å². The van der Waals surface area contributed by atoms with E-state index in [-0.39, 0.29) is 0 Å². The standard InChI is InChI=1S/C27H26N6OS/c1-3-20-9-13-23(14-10-20)33-27(35-19-22-7-5-4-6-8-22)25(17-28-33)26-29-31-32(30-26)18-21-11-15-24(34-2)16-12-21/h4-17H,3,18-19H2,1-2H3. The van der Waals surface area contributed by atoms with E-state index in [2.05, 4.69) is 70.9 Å². The molecule has 0 atom stereocenters. The maximum absolute atomic E-state index is 5.24. The molecule has 2 aromatic heterocycles. The number of aryl methyl sites for hydroxylation is 1. The van der Waals surface area contributed by atoms with Crippen molar-refractivity contribution in [3.8, 4) is 22.8 Å². The van der Waals surface area contributed by atoms with Crippen LogP contribution in [0.5, 0.6) is 5.75 Å². The zero-order valence-corrected chi connectivity index (χ0v) is 20.5. The molecule has 8 heteroatoms. The lowest BCUT2D eigenvalue weighted by atomic mass is 10.1. The number of hydrogen-bond donors (Lipinski definition) is 0. The van der Waals surface area contributed by atoms with Crippen LogP contribution in [0.15, 0.2) is 90.1 Å². The van der Waals surface area contributed by atoms with Gasteiger partial charge >= 0.3 is 0 Å². The van der Waals surface area contributed by atoms with Crippen molar-refractivity contribution >= 4 is 11.8 Å². The third kappa shape index (κ3) is 5.27. The van der Waals surface area contributed by atoms with E-state index in [1.807, 2.05) is 41.2 Å². The maximum Gasteiger partial charge on any atom is 0.209 e. The highest BCUT2D eigenvalue weighted by atomic mass is 32.2. The summed E-state index contributed by atoms with van der Waals surface area (Å²) in [5, 5.41) is 19.0. The zero-order chi connectivity index (χ0) is 24.0. The Hall–Kier alpha value is -3.91. The molecule has 0 aliphatic carbocycles. The van der Waals surface area contributed by atoms with Gasteiger partial charge in [-0.2, -0.15) is 9.90 Å². The number of aromatic nitrogens is 6. The molecule has 0 saturated carbocycles. The van der Waals surface area contributed by atoms with Crippen molar-refractivity contribution in [2.45, 2.75) is 30.7 Å². The quantitative estimate of drug-likeness (QED) is 0.261. The summed E-state index contributed by atoms with van der Waals surface area (Å²) in [7, 11) is 1.66. The van der Waals surface area contributed by atoms with Crippen LogP contribution >= 0.6 is 11.8 Å². The van der Waals surface area contributed by atoms with Gasteiger partial charge in [-0.15, -0.1) is 22.0 Å². The van der Waals surface area contributed by atoms with Crippen LogP contribution in [0.2, 0.25) is 0 Å². The molecule has 5 rings (SSSR count). The lowest BCUT2D eigenvalue weighted by molar-refractivity contribution is 0.414. The van der Waals surface area contributed by atoms with Crippen LogP contribution in [0.3, 0.4) is 0 Å². The maximum atomic E-state index is 5.24. The predicted molar refractivity (Wildman–Crippen MR) is 138 cm³/mol. The molecule has 0 unspecified atom stereocenters. The smallest absolute Gasteiger partial charge is 0.209 e. The molecular formula is C27H26N6OS. The van der Waals surface area contributed by atoms with Crippen molar-refractivity contribution in [2.75, 3.05) is 7.11 Å². The topological polar surface area (TPSA) is 70.7 Å². The van der Waals surface area contributed by atoms with E-state index < -0.39 is 0 Å².